The lowest BCUT2D eigenvalue weighted by Crippen LogP contribution is -2.32. The number of hydrogen-bond acceptors (Lipinski definition) is 4. The van der Waals surface area contributed by atoms with Gasteiger partial charge < -0.3 is 5.11 Å². The number of H-pyrrole nitrogens is 1. The molecule has 0 aromatic carbocycles. The topological polar surface area (TPSA) is 86.3 Å². The van der Waals surface area contributed by atoms with Crippen molar-refractivity contribution in [3.05, 3.63) is 11.4 Å². The second-order valence-electron chi connectivity index (χ2n) is 4.60. The monoisotopic (exact) mass is 273 g/mol. The van der Waals surface area contributed by atoms with E-state index in [0.717, 1.165) is 25.7 Å². The number of aliphatic hydroxyl groups is 1. The van der Waals surface area contributed by atoms with Crippen molar-refractivity contribution in [3.8, 4) is 0 Å². The molecule has 1 aromatic rings. The average Bonchev–Trinajstić information content (AvgIpc) is 2.56. The Morgan fingerprint density at radius 3 is 2.44 bits per heavy atom. The van der Waals surface area contributed by atoms with Crippen LogP contribution in [0.1, 0.15) is 37.1 Å². The number of nitrogens with one attached hydrogen (secondary N) is 1. The zero-order valence-corrected chi connectivity index (χ0v) is 11.3. The molecule has 0 amide bonds. The first-order valence-corrected chi connectivity index (χ1v) is 7.66. The third kappa shape index (κ3) is 2.43. The van der Waals surface area contributed by atoms with Crippen molar-refractivity contribution in [1.82, 2.24) is 14.5 Å². The minimum Gasteiger partial charge on any atom is -0.390 e. The Morgan fingerprint density at radius 1 is 1.28 bits per heavy atom. The van der Waals surface area contributed by atoms with Gasteiger partial charge in [0.1, 0.15) is 10.6 Å². The van der Waals surface area contributed by atoms with Crippen LogP contribution in [0.15, 0.2) is 4.90 Å². The van der Waals surface area contributed by atoms with Crippen LogP contribution in [0.2, 0.25) is 0 Å². The molecule has 2 N–H and O–H groups in total. The molecule has 1 fully saturated rings. The minimum atomic E-state index is -3.54. The lowest BCUT2D eigenvalue weighted by Gasteiger charge is -2.20. The van der Waals surface area contributed by atoms with E-state index in [4.69, 9.17) is 0 Å². The van der Waals surface area contributed by atoms with Gasteiger partial charge in [-0.05, 0) is 19.8 Å². The van der Waals surface area contributed by atoms with Crippen LogP contribution in [0, 0.1) is 6.92 Å². The van der Waals surface area contributed by atoms with Crippen LogP contribution < -0.4 is 0 Å². The summed E-state index contributed by atoms with van der Waals surface area (Å²) in [6.45, 7) is 2.40. The molecule has 6 nitrogen and oxygen atoms in total. The fourth-order valence-electron chi connectivity index (χ4n) is 2.33. The van der Waals surface area contributed by atoms with Gasteiger partial charge >= 0.3 is 0 Å². The highest BCUT2D eigenvalue weighted by Gasteiger charge is 2.30. The summed E-state index contributed by atoms with van der Waals surface area (Å²) in [6.07, 6.45) is 3.93. The highest BCUT2D eigenvalue weighted by atomic mass is 32.2. The molecule has 1 aliphatic heterocycles. The molecule has 1 aliphatic rings. The second kappa shape index (κ2) is 5.38. The van der Waals surface area contributed by atoms with Crippen molar-refractivity contribution >= 4 is 10.0 Å². The van der Waals surface area contributed by atoms with Gasteiger partial charge in [-0.15, -0.1) is 0 Å². The fraction of sp³-hybridized carbons (Fsp3) is 0.727. The van der Waals surface area contributed by atoms with Gasteiger partial charge in [0.05, 0.1) is 12.3 Å². The Labute approximate surface area is 107 Å². The standard InChI is InChI=1S/C11H19N3O3S/c1-9-11(10(8-15)13-12-9)18(16,17)14-6-4-2-3-5-7-14/h15H,2-8H2,1H3,(H,12,13). The van der Waals surface area contributed by atoms with Crippen LogP contribution in [0.3, 0.4) is 0 Å². The Balaban J connectivity index is 2.37. The number of hydrogen-bond donors (Lipinski definition) is 2. The quantitative estimate of drug-likeness (QED) is 0.852. The summed E-state index contributed by atoms with van der Waals surface area (Å²) in [7, 11) is -3.54. The van der Waals surface area contributed by atoms with Crippen molar-refractivity contribution in [1.29, 1.82) is 0 Å². The van der Waals surface area contributed by atoms with E-state index in [1.807, 2.05) is 0 Å². The first kappa shape index (κ1) is 13.5. The maximum Gasteiger partial charge on any atom is 0.246 e. The average molecular weight is 273 g/mol. The SMILES string of the molecule is Cc1[nH]nc(CO)c1S(=O)(=O)N1CCCCCC1. The smallest absolute Gasteiger partial charge is 0.246 e. The lowest BCUT2D eigenvalue weighted by atomic mass is 10.2. The number of rotatable bonds is 3. The van der Waals surface area contributed by atoms with Gasteiger partial charge in [0, 0.05) is 13.1 Å². The zero-order valence-electron chi connectivity index (χ0n) is 10.5. The van der Waals surface area contributed by atoms with Gasteiger partial charge in [-0.2, -0.15) is 9.40 Å². The van der Waals surface area contributed by atoms with Crippen LogP contribution in [-0.2, 0) is 16.6 Å². The van der Waals surface area contributed by atoms with E-state index >= 15 is 0 Å². The predicted octanol–water partition coefficient (Wildman–Crippen LogP) is 0.775. The molecule has 1 saturated heterocycles. The van der Waals surface area contributed by atoms with Gasteiger partial charge in [-0.25, -0.2) is 8.42 Å². The molecule has 0 saturated carbocycles. The third-order valence-electron chi connectivity index (χ3n) is 3.27. The molecule has 0 atom stereocenters. The molecule has 0 radical (unpaired) electrons. The Kier molecular flexibility index (Phi) is 4.04. The van der Waals surface area contributed by atoms with E-state index in [2.05, 4.69) is 10.2 Å². The Bertz CT molecular complexity index is 502. The van der Waals surface area contributed by atoms with Gasteiger partial charge in [-0.1, -0.05) is 12.8 Å². The molecule has 0 unspecified atom stereocenters. The molecule has 18 heavy (non-hydrogen) atoms. The van der Waals surface area contributed by atoms with Crippen LogP contribution in [0.5, 0.6) is 0 Å². The van der Waals surface area contributed by atoms with E-state index in [0.29, 0.717) is 18.8 Å². The first-order valence-electron chi connectivity index (χ1n) is 6.22. The largest absolute Gasteiger partial charge is 0.390 e. The predicted molar refractivity (Wildman–Crippen MR) is 66.5 cm³/mol. The van der Waals surface area contributed by atoms with E-state index in [1.54, 1.807) is 6.92 Å². The summed E-state index contributed by atoms with van der Waals surface area (Å²) in [5.41, 5.74) is 0.694. The van der Waals surface area contributed by atoms with Crippen molar-refractivity contribution in [2.45, 2.75) is 44.1 Å². The zero-order chi connectivity index (χ0) is 13.2. The number of aryl methyl sites for hydroxylation is 1. The number of sulfonamides is 1. The summed E-state index contributed by atoms with van der Waals surface area (Å²) >= 11 is 0. The molecular weight excluding hydrogens is 254 g/mol. The number of nitrogens with zero attached hydrogens (tertiary/aromatic N) is 2. The minimum absolute atomic E-state index is 0.145. The molecule has 7 heteroatoms. The van der Waals surface area contributed by atoms with Gasteiger partial charge in [0.15, 0.2) is 0 Å². The Hall–Kier alpha value is -0.920. The fourth-order valence-corrected chi connectivity index (χ4v) is 4.17. The molecule has 1 aromatic heterocycles. The summed E-state index contributed by atoms with van der Waals surface area (Å²) in [5.74, 6) is 0. The number of aromatic amines is 1. The molecular formula is C11H19N3O3S. The molecule has 0 bridgehead atoms. The maximum absolute atomic E-state index is 12.6. The third-order valence-corrected chi connectivity index (χ3v) is 5.38. The lowest BCUT2D eigenvalue weighted by molar-refractivity contribution is 0.273. The molecule has 0 aliphatic carbocycles. The van der Waals surface area contributed by atoms with Crippen molar-refractivity contribution in [2.24, 2.45) is 0 Å². The van der Waals surface area contributed by atoms with Crippen molar-refractivity contribution < 1.29 is 13.5 Å². The van der Waals surface area contributed by atoms with E-state index in [-0.39, 0.29) is 17.2 Å². The van der Waals surface area contributed by atoms with Crippen molar-refractivity contribution in [2.75, 3.05) is 13.1 Å². The van der Waals surface area contributed by atoms with Crippen LogP contribution in [0.25, 0.3) is 0 Å². The summed E-state index contributed by atoms with van der Waals surface area (Å²) in [5, 5.41) is 15.7. The van der Waals surface area contributed by atoms with Gasteiger partial charge in [0.2, 0.25) is 10.0 Å². The summed E-state index contributed by atoms with van der Waals surface area (Å²) < 4.78 is 26.6. The van der Waals surface area contributed by atoms with Gasteiger partial charge in [0.25, 0.3) is 0 Å². The number of aromatic nitrogens is 2. The second-order valence-corrected chi connectivity index (χ2v) is 6.48. The van der Waals surface area contributed by atoms with E-state index < -0.39 is 10.0 Å². The van der Waals surface area contributed by atoms with Crippen molar-refractivity contribution in [3.63, 3.8) is 0 Å². The first-order chi connectivity index (χ1) is 8.57. The van der Waals surface area contributed by atoms with Gasteiger partial charge in [-0.3, -0.25) is 5.10 Å². The van der Waals surface area contributed by atoms with Crippen LogP contribution in [0.4, 0.5) is 0 Å². The van der Waals surface area contributed by atoms with E-state index in [1.165, 1.54) is 4.31 Å². The molecule has 2 heterocycles. The highest BCUT2D eigenvalue weighted by molar-refractivity contribution is 7.89. The molecule has 0 spiro atoms. The molecule has 2 rings (SSSR count). The van der Waals surface area contributed by atoms with Crippen LogP contribution >= 0.6 is 0 Å². The summed E-state index contributed by atoms with van der Waals surface area (Å²) in [6, 6.07) is 0. The Morgan fingerprint density at radius 2 is 1.89 bits per heavy atom. The molecule has 102 valence electrons. The summed E-state index contributed by atoms with van der Waals surface area (Å²) in [4.78, 5) is 0.145. The van der Waals surface area contributed by atoms with E-state index in [9.17, 15) is 13.5 Å². The maximum atomic E-state index is 12.6. The van der Waals surface area contributed by atoms with Crippen LogP contribution in [-0.4, -0.2) is 41.1 Å². The highest BCUT2D eigenvalue weighted by Crippen LogP contribution is 2.24. The normalized spacial score (nSPS) is 18.8. The number of aliphatic hydroxyl groups excluding tert-OH is 1.